The lowest BCUT2D eigenvalue weighted by atomic mass is 10.1. The van der Waals surface area contributed by atoms with Crippen molar-refractivity contribution < 1.29 is 9.47 Å². The molecule has 1 aromatic rings. The molecule has 5 heteroatoms. The molecule has 1 heterocycles. The predicted octanol–water partition coefficient (Wildman–Crippen LogP) is 2.32. The van der Waals surface area contributed by atoms with Gasteiger partial charge in [-0.25, -0.2) is 0 Å². The number of unbranched alkanes of at least 4 members (excludes halogenated alkanes) is 1. The molecule has 0 saturated carbocycles. The van der Waals surface area contributed by atoms with E-state index in [9.17, 15) is 0 Å². The molecule has 0 unspecified atom stereocenters. The van der Waals surface area contributed by atoms with Gasteiger partial charge in [-0.05, 0) is 44.5 Å². The average Bonchev–Trinajstić information content (AvgIpc) is 2.39. The maximum absolute atomic E-state index is 6.15. The van der Waals surface area contributed by atoms with E-state index in [-0.39, 0.29) is 6.10 Å². The van der Waals surface area contributed by atoms with E-state index in [1.807, 2.05) is 12.1 Å². The number of hydrogen-bond donors (Lipinski definition) is 1. The summed E-state index contributed by atoms with van der Waals surface area (Å²) < 4.78 is 11.5. The van der Waals surface area contributed by atoms with Crippen molar-refractivity contribution in [3.05, 3.63) is 22.7 Å². The van der Waals surface area contributed by atoms with Crippen molar-refractivity contribution in [3.63, 3.8) is 0 Å². The van der Waals surface area contributed by atoms with Gasteiger partial charge in [0.15, 0.2) is 11.5 Å². The second-order valence-electron chi connectivity index (χ2n) is 5.30. The zero-order valence-corrected chi connectivity index (χ0v) is 12.9. The summed E-state index contributed by atoms with van der Waals surface area (Å²) in [5.41, 5.74) is 6.66. The van der Waals surface area contributed by atoms with E-state index in [1.54, 1.807) is 7.11 Å². The van der Waals surface area contributed by atoms with E-state index in [2.05, 4.69) is 11.9 Å². The minimum atomic E-state index is 0.239. The number of nitrogens with two attached hydrogens (primary N) is 1. The number of aryl methyl sites for hydroxylation is 1. The van der Waals surface area contributed by atoms with Gasteiger partial charge in [0.25, 0.3) is 0 Å². The van der Waals surface area contributed by atoms with Crippen molar-refractivity contribution >= 4 is 11.6 Å². The van der Waals surface area contributed by atoms with Crippen molar-refractivity contribution in [2.45, 2.75) is 25.4 Å². The molecular formula is C15H23ClN2O2. The molecule has 1 aliphatic heterocycles. The van der Waals surface area contributed by atoms with E-state index in [0.29, 0.717) is 11.6 Å². The molecule has 1 aromatic carbocycles. The van der Waals surface area contributed by atoms with E-state index >= 15 is 0 Å². The van der Waals surface area contributed by atoms with Crippen molar-refractivity contribution in [1.29, 1.82) is 0 Å². The van der Waals surface area contributed by atoms with Crippen LogP contribution in [0.1, 0.15) is 18.4 Å². The number of rotatable bonds is 7. The van der Waals surface area contributed by atoms with Crippen LogP contribution >= 0.6 is 11.6 Å². The van der Waals surface area contributed by atoms with Crippen LogP contribution in [0.25, 0.3) is 0 Å². The minimum absolute atomic E-state index is 0.239. The SMILES string of the molecule is COc1cc(Cl)cc(CCCCN)c1OC1CN(C)C1. The minimum Gasteiger partial charge on any atom is -0.493 e. The Bertz CT molecular complexity index is 448. The smallest absolute Gasteiger partial charge is 0.165 e. The number of nitrogens with zero attached hydrogens (tertiary/aromatic N) is 1. The zero-order valence-electron chi connectivity index (χ0n) is 12.2. The summed E-state index contributed by atoms with van der Waals surface area (Å²) in [5.74, 6) is 1.56. The topological polar surface area (TPSA) is 47.7 Å². The predicted molar refractivity (Wildman–Crippen MR) is 81.9 cm³/mol. The second-order valence-corrected chi connectivity index (χ2v) is 5.74. The first-order valence-electron chi connectivity index (χ1n) is 7.05. The number of benzene rings is 1. The zero-order chi connectivity index (χ0) is 14.5. The molecule has 2 rings (SSSR count). The summed E-state index contributed by atoms with van der Waals surface area (Å²) in [4.78, 5) is 2.22. The summed E-state index contributed by atoms with van der Waals surface area (Å²) in [6.45, 7) is 2.61. The van der Waals surface area contributed by atoms with Gasteiger partial charge in [0, 0.05) is 24.2 Å². The molecule has 1 aliphatic rings. The van der Waals surface area contributed by atoms with Gasteiger partial charge >= 0.3 is 0 Å². The van der Waals surface area contributed by atoms with Crippen molar-refractivity contribution in [2.24, 2.45) is 5.73 Å². The van der Waals surface area contributed by atoms with Crippen molar-refractivity contribution in [3.8, 4) is 11.5 Å². The largest absolute Gasteiger partial charge is 0.493 e. The van der Waals surface area contributed by atoms with Gasteiger partial charge in [0.2, 0.25) is 0 Å². The Morgan fingerprint density at radius 2 is 2.10 bits per heavy atom. The van der Waals surface area contributed by atoms with E-state index in [1.165, 1.54) is 0 Å². The van der Waals surface area contributed by atoms with E-state index < -0.39 is 0 Å². The van der Waals surface area contributed by atoms with Gasteiger partial charge in [0.1, 0.15) is 6.10 Å². The number of likely N-dealkylation sites (tertiary alicyclic amines) is 1. The first kappa shape index (κ1) is 15.4. The molecule has 1 fully saturated rings. The van der Waals surface area contributed by atoms with Crippen LogP contribution in [0.5, 0.6) is 11.5 Å². The Labute approximate surface area is 125 Å². The fourth-order valence-electron chi connectivity index (χ4n) is 2.44. The van der Waals surface area contributed by atoms with Crippen LogP contribution < -0.4 is 15.2 Å². The molecule has 0 radical (unpaired) electrons. The molecule has 0 atom stereocenters. The van der Waals surface area contributed by atoms with Gasteiger partial charge in [0.05, 0.1) is 7.11 Å². The Kier molecular flexibility index (Phi) is 5.52. The fourth-order valence-corrected chi connectivity index (χ4v) is 2.67. The molecule has 4 nitrogen and oxygen atoms in total. The molecule has 20 heavy (non-hydrogen) atoms. The van der Waals surface area contributed by atoms with Crippen molar-refractivity contribution in [2.75, 3.05) is 33.8 Å². The highest BCUT2D eigenvalue weighted by Crippen LogP contribution is 2.37. The second kappa shape index (κ2) is 7.16. The Hall–Kier alpha value is -0.970. The Balaban J connectivity index is 2.15. The van der Waals surface area contributed by atoms with Gasteiger partial charge in [-0.1, -0.05) is 11.6 Å². The third kappa shape index (κ3) is 3.78. The molecule has 0 amide bonds. The summed E-state index contributed by atoms with van der Waals surface area (Å²) in [5, 5.41) is 0.683. The summed E-state index contributed by atoms with van der Waals surface area (Å²) in [7, 11) is 3.73. The monoisotopic (exact) mass is 298 g/mol. The highest BCUT2D eigenvalue weighted by molar-refractivity contribution is 6.30. The van der Waals surface area contributed by atoms with Crippen LogP contribution in [0.4, 0.5) is 0 Å². The summed E-state index contributed by atoms with van der Waals surface area (Å²) in [6.07, 6.45) is 3.18. The molecule has 0 aliphatic carbocycles. The number of methoxy groups -OCH3 is 1. The maximum atomic E-state index is 6.15. The first-order chi connectivity index (χ1) is 9.63. The Morgan fingerprint density at radius 1 is 1.35 bits per heavy atom. The van der Waals surface area contributed by atoms with Crippen LogP contribution in [0.2, 0.25) is 5.02 Å². The van der Waals surface area contributed by atoms with Gasteiger partial charge in [-0.2, -0.15) is 0 Å². The Morgan fingerprint density at radius 3 is 2.70 bits per heavy atom. The van der Waals surface area contributed by atoms with Crippen LogP contribution in [0.15, 0.2) is 12.1 Å². The van der Waals surface area contributed by atoms with Crippen molar-refractivity contribution in [1.82, 2.24) is 4.90 Å². The normalized spacial score (nSPS) is 16.0. The van der Waals surface area contributed by atoms with Crippen LogP contribution in [-0.2, 0) is 6.42 Å². The summed E-state index contributed by atoms with van der Waals surface area (Å²) >= 11 is 6.15. The maximum Gasteiger partial charge on any atom is 0.165 e. The van der Waals surface area contributed by atoms with Gasteiger partial charge < -0.3 is 15.2 Å². The molecule has 0 aromatic heterocycles. The van der Waals surface area contributed by atoms with Crippen LogP contribution in [-0.4, -0.2) is 44.8 Å². The molecule has 2 N–H and O–H groups in total. The molecule has 0 spiro atoms. The fraction of sp³-hybridized carbons (Fsp3) is 0.600. The van der Waals surface area contributed by atoms with Crippen LogP contribution in [0.3, 0.4) is 0 Å². The number of halogens is 1. The molecule has 1 saturated heterocycles. The third-order valence-electron chi connectivity index (χ3n) is 3.53. The lowest BCUT2D eigenvalue weighted by Crippen LogP contribution is -2.51. The first-order valence-corrected chi connectivity index (χ1v) is 7.43. The van der Waals surface area contributed by atoms with Gasteiger partial charge in [-0.3, -0.25) is 4.90 Å². The number of hydrogen-bond acceptors (Lipinski definition) is 4. The summed E-state index contributed by atoms with van der Waals surface area (Å²) in [6, 6.07) is 3.78. The highest BCUT2D eigenvalue weighted by Gasteiger charge is 2.27. The third-order valence-corrected chi connectivity index (χ3v) is 3.75. The molecule has 0 bridgehead atoms. The lowest BCUT2D eigenvalue weighted by molar-refractivity contribution is 0.0362. The lowest BCUT2D eigenvalue weighted by Gasteiger charge is -2.36. The molecular weight excluding hydrogens is 276 g/mol. The number of likely N-dealkylation sites (N-methyl/N-ethyl adjacent to an activating group) is 1. The van der Waals surface area contributed by atoms with E-state index in [0.717, 1.165) is 49.4 Å². The average molecular weight is 299 g/mol. The van der Waals surface area contributed by atoms with Gasteiger partial charge in [-0.15, -0.1) is 0 Å². The van der Waals surface area contributed by atoms with E-state index in [4.69, 9.17) is 26.8 Å². The van der Waals surface area contributed by atoms with Crippen LogP contribution in [0, 0.1) is 0 Å². The number of ether oxygens (including phenoxy) is 2. The molecule has 112 valence electrons. The highest BCUT2D eigenvalue weighted by atomic mass is 35.5. The quantitative estimate of drug-likeness (QED) is 0.785. The standard InChI is InChI=1S/C15H23ClN2O2/c1-18-9-13(10-18)20-15-11(5-3-4-6-17)7-12(16)8-14(15)19-2/h7-8,13H,3-6,9-10,17H2,1-2H3.